The lowest BCUT2D eigenvalue weighted by atomic mass is 10.0. The Morgan fingerprint density at radius 3 is 2.81 bits per heavy atom. The number of halogens is 1. The van der Waals surface area contributed by atoms with Crippen molar-refractivity contribution in [1.29, 1.82) is 0 Å². The zero-order chi connectivity index (χ0) is 12.2. The summed E-state index contributed by atoms with van der Waals surface area (Å²) in [5, 5.41) is 18.2. The van der Waals surface area contributed by atoms with Gasteiger partial charge in [-0.05, 0) is 26.8 Å². The maximum Gasteiger partial charge on any atom is 0.117 e. The molecule has 4 nitrogen and oxygen atoms in total. The highest BCUT2D eigenvalue weighted by molar-refractivity contribution is 6.31. The van der Waals surface area contributed by atoms with E-state index in [9.17, 15) is 5.11 Å². The van der Waals surface area contributed by atoms with Crippen LogP contribution in [-0.4, -0.2) is 28.0 Å². The second-order valence-corrected chi connectivity index (χ2v) is 4.51. The fourth-order valence-electron chi connectivity index (χ4n) is 1.73. The van der Waals surface area contributed by atoms with E-state index in [1.807, 2.05) is 6.92 Å². The average molecular weight is 246 g/mol. The largest absolute Gasteiger partial charge is 0.382 e. The molecular weight excluding hydrogens is 226 g/mol. The smallest absolute Gasteiger partial charge is 0.117 e. The van der Waals surface area contributed by atoms with Crippen LogP contribution in [0.2, 0.25) is 5.02 Å². The van der Waals surface area contributed by atoms with E-state index in [1.165, 1.54) is 0 Å². The van der Waals surface area contributed by atoms with Gasteiger partial charge in [-0.1, -0.05) is 18.5 Å². The Morgan fingerprint density at radius 2 is 2.25 bits per heavy atom. The molecule has 0 saturated heterocycles. The number of hydrogen-bond donors (Lipinski definition) is 2. The zero-order valence-electron chi connectivity index (χ0n) is 10.1. The minimum atomic E-state index is -0.987. The van der Waals surface area contributed by atoms with Gasteiger partial charge in [-0.15, -0.1) is 0 Å². The lowest BCUT2D eigenvalue weighted by molar-refractivity contribution is 0.0479. The lowest BCUT2D eigenvalue weighted by Gasteiger charge is -2.25. The molecule has 0 aliphatic heterocycles. The predicted molar refractivity (Wildman–Crippen MR) is 65.6 cm³/mol. The van der Waals surface area contributed by atoms with Crippen LogP contribution in [0.3, 0.4) is 0 Å². The minimum absolute atomic E-state index is 0.478. The topological polar surface area (TPSA) is 50.1 Å². The molecule has 0 radical (unpaired) electrons. The molecule has 0 aliphatic carbocycles. The maximum absolute atomic E-state index is 10.4. The Morgan fingerprint density at radius 1 is 1.56 bits per heavy atom. The summed E-state index contributed by atoms with van der Waals surface area (Å²) >= 11 is 6.05. The first-order valence-corrected chi connectivity index (χ1v) is 6.05. The van der Waals surface area contributed by atoms with Crippen LogP contribution >= 0.6 is 11.6 Å². The van der Waals surface area contributed by atoms with Crippen LogP contribution in [-0.2, 0) is 12.1 Å². The van der Waals surface area contributed by atoms with Crippen LogP contribution in [0.5, 0.6) is 0 Å². The van der Waals surface area contributed by atoms with Crippen molar-refractivity contribution in [3.8, 4) is 0 Å². The van der Waals surface area contributed by atoms with Crippen LogP contribution in [0, 0.1) is 0 Å². The SMILES string of the molecule is CCCNCC(C)(O)c1c(Cl)cnn1CC. The molecule has 0 saturated carbocycles. The monoisotopic (exact) mass is 245 g/mol. The van der Waals surface area contributed by atoms with E-state index in [2.05, 4.69) is 17.3 Å². The van der Waals surface area contributed by atoms with Crippen LogP contribution in [0.4, 0.5) is 0 Å². The molecular formula is C11H20ClN3O. The van der Waals surface area contributed by atoms with Gasteiger partial charge in [-0.25, -0.2) is 0 Å². The Balaban J connectivity index is 2.83. The van der Waals surface area contributed by atoms with E-state index < -0.39 is 5.60 Å². The number of aliphatic hydroxyl groups is 1. The van der Waals surface area contributed by atoms with Crippen LogP contribution in [0.15, 0.2) is 6.20 Å². The Kier molecular flexibility index (Phi) is 4.77. The molecule has 1 heterocycles. The third kappa shape index (κ3) is 2.97. The minimum Gasteiger partial charge on any atom is -0.382 e. The first-order valence-electron chi connectivity index (χ1n) is 5.67. The van der Waals surface area contributed by atoms with Gasteiger partial charge in [0.25, 0.3) is 0 Å². The number of nitrogens with zero attached hydrogens (tertiary/aromatic N) is 2. The second kappa shape index (κ2) is 5.66. The lowest BCUT2D eigenvalue weighted by Crippen LogP contribution is -2.37. The first-order chi connectivity index (χ1) is 7.53. The number of hydrogen-bond acceptors (Lipinski definition) is 3. The summed E-state index contributed by atoms with van der Waals surface area (Å²) in [6.45, 7) is 7.88. The molecule has 0 spiro atoms. The number of rotatable bonds is 6. The molecule has 0 bridgehead atoms. The fourth-order valence-corrected chi connectivity index (χ4v) is 2.07. The van der Waals surface area contributed by atoms with Gasteiger partial charge in [0, 0.05) is 13.1 Å². The molecule has 1 rings (SSSR count). The summed E-state index contributed by atoms with van der Waals surface area (Å²) in [7, 11) is 0. The van der Waals surface area contributed by atoms with Gasteiger partial charge in [0.1, 0.15) is 5.60 Å². The molecule has 1 atom stereocenters. The van der Waals surface area contributed by atoms with Crippen molar-refractivity contribution in [2.75, 3.05) is 13.1 Å². The van der Waals surface area contributed by atoms with E-state index in [4.69, 9.17) is 11.6 Å². The molecule has 2 N–H and O–H groups in total. The maximum atomic E-state index is 10.4. The highest BCUT2D eigenvalue weighted by Crippen LogP contribution is 2.27. The highest BCUT2D eigenvalue weighted by atomic mass is 35.5. The van der Waals surface area contributed by atoms with E-state index in [1.54, 1.807) is 17.8 Å². The van der Waals surface area contributed by atoms with Crippen molar-refractivity contribution >= 4 is 11.6 Å². The molecule has 1 unspecified atom stereocenters. The quantitative estimate of drug-likeness (QED) is 0.751. The third-order valence-corrected chi connectivity index (χ3v) is 2.78. The molecule has 0 fully saturated rings. The van der Waals surface area contributed by atoms with Gasteiger partial charge in [0.2, 0.25) is 0 Å². The number of aryl methyl sites for hydroxylation is 1. The fraction of sp³-hybridized carbons (Fsp3) is 0.727. The van der Waals surface area contributed by atoms with Crippen molar-refractivity contribution in [2.45, 2.75) is 39.3 Å². The summed E-state index contributed by atoms with van der Waals surface area (Å²) in [5.74, 6) is 0. The normalized spacial score (nSPS) is 15.1. The van der Waals surface area contributed by atoms with E-state index >= 15 is 0 Å². The second-order valence-electron chi connectivity index (χ2n) is 4.11. The molecule has 1 aromatic rings. The Hall–Kier alpha value is -0.580. The van der Waals surface area contributed by atoms with Gasteiger partial charge < -0.3 is 10.4 Å². The standard InChI is InChI=1S/C11H20ClN3O/c1-4-6-13-8-11(3,16)10-9(12)7-14-15(10)5-2/h7,13,16H,4-6,8H2,1-3H3. The zero-order valence-corrected chi connectivity index (χ0v) is 10.9. The molecule has 5 heteroatoms. The number of nitrogens with one attached hydrogen (secondary N) is 1. The number of aromatic nitrogens is 2. The molecule has 0 aromatic carbocycles. The molecule has 0 aliphatic rings. The van der Waals surface area contributed by atoms with Gasteiger partial charge in [-0.2, -0.15) is 5.10 Å². The molecule has 0 amide bonds. The Labute approximate surface area is 102 Å². The summed E-state index contributed by atoms with van der Waals surface area (Å²) < 4.78 is 1.73. The average Bonchev–Trinajstić information content (AvgIpc) is 2.60. The summed E-state index contributed by atoms with van der Waals surface area (Å²) in [4.78, 5) is 0. The van der Waals surface area contributed by atoms with Crippen molar-refractivity contribution in [3.05, 3.63) is 16.9 Å². The van der Waals surface area contributed by atoms with Crippen molar-refractivity contribution in [3.63, 3.8) is 0 Å². The van der Waals surface area contributed by atoms with Crippen LogP contribution in [0.25, 0.3) is 0 Å². The van der Waals surface area contributed by atoms with Crippen molar-refractivity contribution in [2.24, 2.45) is 0 Å². The van der Waals surface area contributed by atoms with Crippen molar-refractivity contribution < 1.29 is 5.11 Å². The van der Waals surface area contributed by atoms with Gasteiger partial charge in [0.15, 0.2) is 0 Å². The summed E-state index contributed by atoms with van der Waals surface area (Å²) in [6.07, 6.45) is 2.62. The first kappa shape index (κ1) is 13.5. The third-order valence-electron chi connectivity index (χ3n) is 2.50. The van der Waals surface area contributed by atoms with Gasteiger partial charge >= 0.3 is 0 Å². The molecule has 16 heavy (non-hydrogen) atoms. The van der Waals surface area contributed by atoms with Gasteiger partial charge in [0.05, 0.1) is 16.9 Å². The van der Waals surface area contributed by atoms with E-state index in [-0.39, 0.29) is 0 Å². The van der Waals surface area contributed by atoms with E-state index in [0.717, 1.165) is 13.0 Å². The molecule has 92 valence electrons. The summed E-state index contributed by atoms with van der Waals surface area (Å²) in [6, 6.07) is 0. The highest BCUT2D eigenvalue weighted by Gasteiger charge is 2.29. The van der Waals surface area contributed by atoms with E-state index in [0.29, 0.717) is 23.8 Å². The van der Waals surface area contributed by atoms with Crippen LogP contribution < -0.4 is 5.32 Å². The van der Waals surface area contributed by atoms with Crippen molar-refractivity contribution in [1.82, 2.24) is 15.1 Å². The predicted octanol–water partition coefficient (Wildman–Crippen LogP) is 1.76. The Bertz CT molecular complexity index is 336. The molecule has 1 aromatic heterocycles. The van der Waals surface area contributed by atoms with Gasteiger partial charge in [-0.3, -0.25) is 4.68 Å². The van der Waals surface area contributed by atoms with Crippen LogP contribution in [0.1, 0.15) is 32.9 Å². The summed E-state index contributed by atoms with van der Waals surface area (Å²) in [5.41, 5.74) is -0.307.